The van der Waals surface area contributed by atoms with Crippen LogP contribution >= 0.6 is 0 Å². The Hall–Kier alpha value is -1.96. The Bertz CT molecular complexity index is 447. The lowest BCUT2D eigenvalue weighted by Gasteiger charge is -2.31. The van der Waals surface area contributed by atoms with Gasteiger partial charge in [-0.3, -0.25) is 10.1 Å². The molecule has 8 nitrogen and oxygen atoms in total. The van der Waals surface area contributed by atoms with Gasteiger partial charge in [-0.2, -0.15) is 4.98 Å². The van der Waals surface area contributed by atoms with Crippen LogP contribution in [0.2, 0.25) is 0 Å². The van der Waals surface area contributed by atoms with Gasteiger partial charge in [0.25, 0.3) is 0 Å². The van der Waals surface area contributed by atoms with E-state index in [0.717, 1.165) is 19.0 Å². The van der Waals surface area contributed by atoms with Crippen molar-refractivity contribution >= 4 is 17.5 Å². The number of hydrogen-bond donors (Lipinski definition) is 1. The maximum atomic E-state index is 11.0. The maximum absolute atomic E-state index is 11.0. The third-order valence-corrected chi connectivity index (χ3v) is 3.04. The quantitative estimate of drug-likeness (QED) is 0.620. The van der Waals surface area contributed by atoms with E-state index in [-0.39, 0.29) is 23.5 Å². The smallest absolute Gasteiger partial charge is 0.329 e. The van der Waals surface area contributed by atoms with E-state index in [1.807, 2.05) is 0 Å². The van der Waals surface area contributed by atoms with E-state index in [4.69, 9.17) is 10.5 Å². The fourth-order valence-electron chi connectivity index (χ4n) is 2.01. The summed E-state index contributed by atoms with van der Waals surface area (Å²) in [4.78, 5) is 19.9. The molecule has 0 bridgehead atoms. The van der Waals surface area contributed by atoms with Crippen LogP contribution in [-0.4, -0.2) is 41.2 Å². The summed E-state index contributed by atoms with van der Waals surface area (Å²) in [5.41, 5.74) is 5.37. The molecule has 2 rings (SSSR count). The van der Waals surface area contributed by atoms with Crippen molar-refractivity contribution in [1.29, 1.82) is 0 Å². The Morgan fingerprint density at radius 1 is 1.56 bits per heavy atom. The minimum Gasteiger partial charge on any atom is -0.381 e. The highest BCUT2D eigenvalue weighted by Crippen LogP contribution is 2.28. The average Bonchev–Trinajstić information content (AvgIpc) is 2.38. The van der Waals surface area contributed by atoms with E-state index in [1.165, 1.54) is 0 Å². The standard InChI is InChI=1S/C10H15N5O3/c1-14(7-2-4-18-5-3-7)9-8(15(16)17)6-12-10(11)13-9/h6-7H,2-5H2,1H3,(H2,11,12,13). The van der Waals surface area contributed by atoms with Crippen LogP contribution in [0, 0.1) is 10.1 Å². The van der Waals surface area contributed by atoms with Crippen LogP contribution in [0.1, 0.15) is 12.8 Å². The van der Waals surface area contributed by atoms with Crippen molar-refractivity contribution in [2.45, 2.75) is 18.9 Å². The summed E-state index contributed by atoms with van der Waals surface area (Å²) in [6, 6.07) is 0.173. The van der Waals surface area contributed by atoms with Crippen LogP contribution < -0.4 is 10.6 Å². The van der Waals surface area contributed by atoms with Crippen LogP contribution in [0.25, 0.3) is 0 Å². The van der Waals surface area contributed by atoms with Gasteiger partial charge in [0.2, 0.25) is 11.8 Å². The molecule has 18 heavy (non-hydrogen) atoms. The number of nitrogens with two attached hydrogens (primary N) is 1. The largest absolute Gasteiger partial charge is 0.381 e. The third-order valence-electron chi connectivity index (χ3n) is 3.04. The first-order valence-electron chi connectivity index (χ1n) is 5.67. The molecule has 0 aromatic carbocycles. The number of hydrogen-bond acceptors (Lipinski definition) is 7. The van der Waals surface area contributed by atoms with E-state index in [1.54, 1.807) is 11.9 Å². The van der Waals surface area contributed by atoms with E-state index in [0.29, 0.717) is 13.2 Å². The number of nitrogens with zero attached hydrogens (tertiary/aromatic N) is 4. The normalized spacial score (nSPS) is 16.5. The number of anilines is 2. The van der Waals surface area contributed by atoms with Gasteiger partial charge in [0.05, 0.1) is 4.92 Å². The first kappa shape index (κ1) is 12.5. The molecule has 1 aliphatic rings. The molecule has 1 fully saturated rings. The number of ether oxygens (including phenoxy) is 1. The minimum absolute atomic E-state index is 0.0366. The number of nitrogen functional groups attached to an aromatic ring is 1. The molecule has 2 heterocycles. The molecular weight excluding hydrogens is 238 g/mol. The van der Waals surface area contributed by atoms with Gasteiger partial charge in [-0.25, -0.2) is 4.98 Å². The maximum Gasteiger partial charge on any atom is 0.329 e. The monoisotopic (exact) mass is 253 g/mol. The van der Waals surface area contributed by atoms with Gasteiger partial charge in [0.1, 0.15) is 6.20 Å². The molecule has 0 aliphatic carbocycles. The van der Waals surface area contributed by atoms with Crippen LogP contribution in [0.5, 0.6) is 0 Å². The van der Waals surface area contributed by atoms with Gasteiger partial charge in [-0.05, 0) is 12.8 Å². The zero-order valence-electron chi connectivity index (χ0n) is 10.1. The average molecular weight is 253 g/mol. The van der Waals surface area contributed by atoms with Gasteiger partial charge in [-0.15, -0.1) is 0 Å². The zero-order valence-corrected chi connectivity index (χ0v) is 10.1. The van der Waals surface area contributed by atoms with Gasteiger partial charge >= 0.3 is 5.69 Å². The topological polar surface area (TPSA) is 107 Å². The van der Waals surface area contributed by atoms with E-state index < -0.39 is 4.92 Å². The molecule has 98 valence electrons. The molecular formula is C10H15N5O3. The van der Waals surface area contributed by atoms with Crippen molar-refractivity contribution in [3.63, 3.8) is 0 Å². The summed E-state index contributed by atoms with van der Waals surface area (Å²) < 4.78 is 5.27. The van der Waals surface area contributed by atoms with Crippen LogP contribution in [0.3, 0.4) is 0 Å². The predicted molar refractivity (Wildman–Crippen MR) is 65.3 cm³/mol. The van der Waals surface area contributed by atoms with Gasteiger partial charge in [0, 0.05) is 26.3 Å². The lowest BCUT2D eigenvalue weighted by Crippen LogP contribution is -2.37. The number of aromatic nitrogens is 2. The summed E-state index contributed by atoms with van der Waals surface area (Å²) in [7, 11) is 1.78. The van der Waals surface area contributed by atoms with Gasteiger partial charge in [-0.1, -0.05) is 0 Å². The van der Waals surface area contributed by atoms with Crippen LogP contribution in [-0.2, 0) is 4.74 Å². The van der Waals surface area contributed by atoms with Crippen molar-refractivity contribution in [3.05, 3.63) is 16.3 Å². The van der Waals surface area contributed by atoms with E-state index >= 15 is 0 Å². The second kappa shape index (κ2) is 5.13. The van der Waals surface area contributed by atoms with Crippen molar-refractivity contribution in [2.75, 3.05) is 30.9 Å². The highest BCUT2D eigenvalue weighted by atomic mass is 16.6. The molecule has 0 spiro atoms. The Kier molecular flexibility index (Phi) is 3.56. The molecule has 2 N–H and O–H groups in total. The molecule has 1 saturated heterocycles. The molecule has 0 unspecified atom stereocenters. The summed E-state index contributed by atoms with van der Waals surface area (Å²) in [6.45, 7) is 1.31. The van der Waals surface area contributed by atoms with Crippen LogP contribution in [0.4, 0.5) is 17.5 Å². The zero-order chi connectivity index (χ0) is 13.1. The fourth-order valence-corrected chi connectivity index (χ4v) is 2.01. The Morgan fingerprint density at radius 2 is 2.22 bits per heavy atom. The predicted octanol–water partition coefficient (Wildman–Crippen LogP) is 0.582. The second-order valence-corrected chi connectivity index (χ2v) is 4.15. The molecule has 1 aliphatic heterocycles. The summed E-state index contributed by atoms with van der Waals surface area (Å²) >= 11 is 0. The molecule has 8 heteroatoms. The van der Waals surface area contributed by atoms with Crippen LogP contribution in [0.15, 0.2) is 6.20 Å². The summed E-state index contributed by atoms with van der Waals surface area (Å²) in [5.74, 6) is 0.300. The SMILES string of the molecule is CN(c1nc(N)ncc1[N+](=O)[O-])C1CCOCC1. The lowest BCUT2D eigenvalue weighted by molar-refractivity contribution is -0.384. The highest BCUT2D eigenvalue weighted by Gasteiger charge is 2.26. The summed E-state index contributed by atoms with van der Waals surface area (Å²) in [6.07, 6.45) is 2.78. The first-order valence-corrected chi connectivity index (χ1v) is 5.67. The molecule has 0 atom stereocenters. The number of rotatable bonds is 3. The molecule has 1 aromatic rings. The lowest BCUT2D eigenvalue weighted by atomic mass is 10.1. The van der Waals surface area contributed by atoms with Crippen molar-refractivity contribution in [1.82, 2.24) is 9.97 Å². The second-order valence-electron chi connectivity index (χ2n) is 4.15. The minimum atomic E-state index is -0.495. The van der Waals surface area contributed by atoms with Crippen molar-refractivity contribution in [3.8, 4) is 0 Å². The molecule has 0 radical (unpaired) electrons. The Labute approximate surface area is 104 Å². The van der Waals surface area contributed by atoms with E-state index in [2.05, 4.69) is 9.97 Å². The fraction of sp³-hybridized carbons (Fsp3) is 0.600. The Morgan fingerprint density at radius 3 is 2.83 bits per heavy atom. The highest BCUT2D eigenvalue weighted by molar-refractivity contribution is 5.58. The van der Waals surface area contributed by atoms with Crippen molar-refractivity contribution in [2.24, 2.45) is 0 Å². The third kappa shape index (κ3) is 2.48. The molecule has 0 amide bonds. The van der Waals surface area contributed by atoms with Crippen molar-refractivity contribution < 1.29 is 9.66 Å². The van der Waals surface area contributed by atoms with E-state index in [9.17, 15) is 10.1 Å². The van der Waals surface area contributed by atoms with Gasteiger partial charge < -0.3 is 15.4 Å². The molecule has 1 aromatic heterocycles. The first-order chi connectivity index (χ1) is 8.59. The summed E-state index contributed by atoms with van der Waals surface area (Å²) in [5, 5.41) is 11.0. The molecule has 0 saturated carbocycles. The number of nitro groups is 1. The Balaban J connectivity index is 2.30. The van der Waals surface area contributed by atoms with Gasteiger partial charge in [0.15, 0.2) is 0 Å².